The molecule has 0 aromatic heterocycles. The topological polar surface area (TPSA) is 62.8 Å². The van der Waals surface area contributed by atoms with E-state index < -0.39 is 0 Å². The van der Waals surface area contributed by atoms with Gasteiger partial charge in [-0.15, -0.1) is 0 Å². The van der Waals surface area contributed by atoms with Crippen molar-refractivity contribution < 1.29 is 14.3 Å². The van der Waals surface area contributed by atoms with E-state index in [0.717, 1.165) is 18.7 Å². The third-order valence-electron chi connectivity index (χ3n) is 5.27. The number of nitrogens with one attached hydrogen (secondary N) is 2. The van der Waals surface area contributed by atoms with Crippen molar-refractivity contribution in [2.45, 2.75) is 25.8 Å². The molecule has 1 saturated heterocycles. The maximum atomic E-state index is 12.4. The second-order valence-electron chi connectivity index (χ2n) is 7.68. The lowest BCUT2D eigenvalue weighted by Crippen LogP contribution is -2.34. The highest BCUT2D eigenvalue weighted by atomic mass is 16.5. The zero-order valence-electron chi connectivity index (χ0n) is 17.5. The zero-order valence-corrected chi connectivity index (χ0v) is 17.5. The van der Waals surface area contributed by atoms with Crippen LogP contribution in [-0.2, 0) is 0 Å². The molecule has 1 aliphatic heterocycles. The number of ether oxygens (including phenoxy) is 2. The number of urea groups is 1. The minimum atomic E-state index is -0.258. The quantitative estimate of drug-likeness (QED) is 0.731. The largest absolute Gasteiger partial charge is 0.493 e. The van der Waals surface area contributed by atoms with Gasteiger partial charge in [0.25, 0.3) is 0 Å². The normalized spacial score (nSPS) is 18.0. The van der Waals surface area contributed by atoms with E-state index in [9.17, 15) is 4.79 Å². The van der Waals surface area contributed by atoms with Gasteiger partial charge in [0.2, 0.25) is 0 Å². The molecule has 2 amide bonds. The van der Waals surface area contributed by atoms with Crippen LogP contribution in [0, 0.1) is 5.92 Å². The lowest BCUT2D eigenvalue weighted by atomic mass is 9.99. The lowest BCUT2D eigenvalue weighted by molar-refractivity contribution is 0.148. The number of anilines is 1. The van der Waals surface area contributed by atoms with Crippen molar-refractivity contribution in [2.24, 2.45) is 5.92 Å². The molecule has 0 saturated carbocycles. The predicted molar refractivity (Wildman–Crippen MR) is 116 cm³/mol. The molecule has 2 aromatic carbocycles. The summed E-state index contributed by atoms with van der Waals surface area (Å²) < 4.78 is 11.5. The number of piperidine rings is 1. The van der Waals surface area contributed by atoms with Gasteiger partial charge >= 0.3 is 6.03 Å². The number of hydrogen-bond donors (Lipinski definition) is 2. The number of amides is 2. The average molecular weight is 398 g/mol. The van der Waals surface area contributed by atoms with Crippen molar-refractivity contribution in [1.82, 2.24) is 10.2 Å². The van der Waals surface area contributed by atoms with Crippen LogP contribution >= 0.6 is 0 Å². The molecule has 1 unspecified atom stereocenters. The van der Waals surface area contributed by atoms with Gasteiger partial charge in [0.05, 0.1) is 19.8 Å². The highest BCUT2D eigenvalue weighted by Gasteiger charge is 2.19. The third-order valence-corrected chi connectivity index (χ3v) is 5.27. The van der Waals surface area contributed by atoms with Crippen LogP contribution in [0.3, 0.4) is 0 Å². The van der Waals surface area contributed by atoms with E-state index in [2.05, 4.69) is 22.6 Å². The summed E-state index contributed by atoms with van der Waals surface area (Å²) in [5.74, 6) is 1.82. The zero-order chi connectivity index (χ0) is 20.6. The number of nitrogens with zero attached hydrogens (tertiary/aromatic N) is 1. The first-order valence-corrected chi connectivity index (χ1v) is 10.2. The van der Waals surface area contributed by atoms with Crippen LogP contribution in [0.15, 0.2) is 48.5 Å². The smallest absolute Gasteiger partial charge is 0.319 e. The van der Waals surface area contributed by atoms with Crippen LogP contribution in [0.5, 0.6) is 11.5 Å². The van der Waals surface area contributed by atoms with Crippen molar-refractivity contribution in [3.8, 4) is 11.5 Å². The van der Waals surface area contributed by atoms with E-state index in [4.69, 9.17) is 9.47 Å². The fraction of sp³-hybridized carbons (Fsp3) is 0.435. The molecule has 2 atom stereocenters. The fourth-order valence-electron chi connectivity index (χ4n) is 3.67. The third kappa shape index (κ3) is 6.12. The Morgan fingerprint density at radius 2 is 2.00 bits per heavy atom. The highest BCUT2D eigenvalue weighted by Crippen LogP contribution is 2.31. The number of likely N-dealkylation sites (tertiary alicyclic amines) is 1. The van der Waals surface area contributed by atoms with Gasteiger partial charge in [0, 0.05) is 24.2 Å². The standard InChI is InChI=1S/C23H31N3O3/c1-17(19-9-5-4-6-10-19)24-23(27)25-20-11-12-21(28-3)22(14-20)29-16-18-8-7-13-26(2)15-18/h4-6,9-12,14,17-18H,7-8,13,15-16H2,1-3H3,(H2,24,25,27)/t17-,18?/m0/s1. The summed E-state index contributed by atoms with van der Waals surface area (Å²) in [7, 11) is 3.77. The summed E-state index contributed by atoms with van der Waals surface area (Å²) in [5.41, 5.74) is 1.72. The molecule has 6 nitrogen and oxygen atoms in total. The molecule has 0 spiro atoms. The molecular weight excluding hydrogens is 366 g/mol. The average Bonchev–Trinajstić information content (AvgIpc) is 2.73. The Hall–Kier alpha value is -2.73. The Kier molecular flexibility index (Phi) is 7.36. The molecule has 29 heavy (non-hydrogen) atoms. The Bertz CT molecular complexity index is 797. The summed E-state index contributed by atoms with van der Waals surface area (Å²) in [4.78, 5) is 14.7. The van der Waals surface area contributed by atoms with Crippen molar-refractivity contribution >= 4 is 11.7 Å². The number of benzene rings is 2. The van der Waals surface area contributed by atoms with Crippen LogP contribution in [0.2, 0.25) is 0 Å². The molecule has 0 aliphatic carbocycles. The fourth-order valence-corrected chi connectivity index (χ4v) is 3.67. The summed E-state index contributed by atoms with van der Waals surface area (Å²) in [6, 6.07) is 15.0. The molecule has 156 valence electrons. The first-order valence-electron chi connectivity index (χ1n) is 10.2. The summed E-state index contributed by atoms with van der Waals surface area (Å²) in [6.07, 6.45) is 2.37. The van der Waals surface area contributed by atoms with Crippen molar-refractivity contribution in [2.75, 3.05) is 39.2 Å². The van der Waals surface area contributed by atoms with E-state index in [-0.39, 0.29) is 12.1 Å². The summed E-state index contributed by atoms with van der Waals surface area (Å²) in [5, 5.41) is 5.84. The number of carbonyl (C=O) groups is 1. The van der Waals surface area contributed by atoms with Crippen LogP contribution < -0.4 is 20.1 Å². The van der Waals surface area contributed by atoms with Crippen LogP contribution in [0.1, 0.15) is 31.4 Å². The molecule has 1 fully saturated rings. The molecule has 1 aliphatic rings. The minimum absolute atomic E-state index is 0.0894. The maximum absolute atomic E-state index is 12.4. The summed E-state index contributed by atoms with van der Waals surface area (Å²) >= 11 is 0. The van der Waals surface area contributed by atoms with Gasteiger partial charge in [-0.05, 0) is 51.1 Å². The van der Waals surface area contributed by atoms with Crippen molar-refractivity contribution in [3.05, 3.63) is 54.1 Å². The monoisotopic (exact) mass is 397 g/mol. The Morgan fingerprint density at radius 1 is 1.21 bits per heavy atom. The Labute approximate surface area is 173 Å². The second-order valence-corrected chi connectivity index (χ2v) is 7.68. The van der Waals surface area contributed by atoms with E-state index in [1.165, 1.54) is 12.8 Å². The number of hydrogen-bond acceptors (Lipinski definition) is 4. The van der Waals surface area contributed by atoms with Gasteiger partial charge < -0.3 is 25.0 Å². The number of carbonyl (C=O) groups excluding carboxylic acids is 1. The van der Waals surface area contributed by atoms with Crippen molar-refractivity contribution in [3.63, 3.8) is 0 Å². The molecular formula is C23H31N3O3. The molecule has 3 rings (SSSR count). The van der Waals surface area contributed by atoms with Crippen LogP contribution in [-0.4, -0.2) is 44.8 Å². The van der Waals surface area contributed by atoms with Crippen LogP contribution in [0.4, 0.5) is 10.5 Å². The minimum Gasteiger partial charge on any atom is -0.493 e. The predicted octanol–water partition coefficient (Wildman–Crippen LogP) is 4.30. The van der Waals surface area contributed by atoms with Gasteiger partial charge in [-0.25, -0.2) is 4.79 Å². The van der Waals surface area contributed by atoms with Gasteiger partial charge in [-0.3, -0.25) is 0 Å². The lowest BCUT2D eigenvalue weighted by Gasteiger charge is -2.29. The molecule has 2 aromatic rings. The van der Waals surface area contributed by atoms with Gasteiger partial charge in [0.1, 0.15) is 0 Å². The van der Waals surface area contributed by atoms with Gasteiger partial charge in [-0.2, -0.15) is 0 Å². The SMILES string of the molecule is COc1ccc(NC(=O)N[C@@H](C)c2ccccc2)cc1OCC1CCCN(C)C1. The van der Waals surface area contributed by atoms with E-state index >= 15 is 0 Å². The Morgan fingerprint density at radius 3 is 2.72 bits per heavy atom. The molecule has 2 N–H and O–H groups in total. The molecule has 1 heterocycles. The molecule has 0 bridgehead atoms. The van der Waals surface area contributed by atoms with E-state index in [1.54, 1.807) is 7.11 Å². The van der Waals surface area contributed by atoms with Crippen molar-refractivity contribution in [1.29, 1.82) is 0 Å². The van der Waals surface area contributed by atoms with Gasteiger partial charge in [0.15, 0.2) is 11.5 Å². The first kappa shape index (κ1) is 21.0. The maximum Gasteiger partial charge on any atom is 0.319 e. The second kappa shape index (κ2) is 10.2. The number of methoxy groups -OCH3 is 1. The molecule has 6 heteroatoms. The molecule has 0 radical (unpaired) electrons. The van der Waals surface area contributed by atoms with Gasteiger partial charge in [-0.1, -0.05) is 30.3 Å². The van der Waals surface area contributed by atoms with Crippen LogP contribution in [0.25, 0.3) is 0 Å². The van der Waals surface area contributed by atoms with E-state index in [1.807, 2.05) is 55.5 Å². The van der Waals surface area contributed by atoms with E-state index in [0.29, 0.717) is 29.7 Å². The Balaban J connectivity index is 1.59. The first-order chi connectivity index (χ1) is 14.0. The highest BCUT2D eigenvalue weighted by molar-refractivity contribution is 5.89. The number of rotatable bonds is 7. The summed E-state index contributed by atoms with van der Waals surface area (Å²) in [6.45, 7) is 4.79.